The van der Waals surface area contributed by atoms with Crippen LogP contribution < -0.4 is 11.5 Å². The van der Waals surface area contributed by atoms with E-state index in [2.05, 4.69) is 4.99 Å². The highest BCUT2D eigenvalue weighted by molar-refractivity contribution is 5.85. The first kappa shape index (κ1) is 23.3. The molecule has 5 nitrogen and oxygen atoms in total. The van der Waals surface area contributed by atoms with Crippen molar-refractivity contribution in [3.63, 3.8) is 0 Å². The molecule has 5 N–H and O–H groups in total. The predicted molar refractivity (Wildman–Crippen MR) is 79.9 cm³/mol. The summed E-state index contributed by atoms with van der Waals surface area (Å²) in [5.74, 6) is -1.18. The number of carboxylic acids is 1. The number of carboxylic acid groups (broad SMARTS) is 1. The minimum Gasteiger partial charge on any atom is -0.480 e. The predicted octanol–water partition coefficient (Wildman–Crippen LogP) is 2.03. The maximum absolute atomic E-state index is 13.5. The van der Waals surface area contributed by atoms with Crippen LogP contribution in [0, 0.1) is 0 Å². The van der Waals surface area contributed by atoms with E-state index in [1.807, 2.05) is 0 Å². The molecule has 0 aromatic carbocycles. The largest absolute Gasteiger partial charge is 0.480 e. The topological polar surface area (TPSA) is 102 Å². The first-order valence-electron chi connectivity index (χ1n) is 5.29. The van der Waals surface area contributed by atoms with Crippen molar-refractivity contribution >= 4 is 36.6 Å². The van der Waals surface area contributed by atoms with Crippen LogP contribution in [0.2, 0.25) is 0 Å². The van der Waals surface area contributed by atoms with E-state index in [1.54, 1.807) is 13.8 Å². The van der Waals surface area contributed by atoms with Crippen LogP contribution in [0.1, 0.15) is 33.6 Å². The molecule has 0 saturated heterocycles. The maximum atomic E-state index is 13.5. The van der Waals surface area contributed by atoms with Crippen LogP contribution >= 0.6 is 24.8 Å². The van der Waals surface area contributed by atoms with Gasteiger partial charge in [-0.15, -0.1) is 24.8 Å². The number of aliphatic imine (C=N–C) groups is 1. The highest BCUT2D eigenvalue weighted by atomic mass is 35.5. The second-order valence-corrected chi connectivity index (χ2v) is 4.37. The second-order valence-electron chi connectivity index (χ2n) is 4.37. The normalized spacial score (nSPS) is 15.5. The highest BCUT2D eigenvalue weighted by Gasteiger charge is 2.27. The van der Waals surface area contributed by atoms with Crippen LogP contribution in [0.25, 0.3) is 0 Å². The summed E-state index contributed by atoms with van der Waals surface area (Å²) in [6, 6.07) is 0. The number of rotatable bonds is 6. The molecule has 0 aromatic heterocycles. The van der Waals surface area contributed by atoms with E-state index in [9.17, 15) is 9.18 Å². The zero-order chi connectivity index (χ0) is 13.6. The number of nitrogens with two attached hydrogens (primary N) is 2. The van der Waals surface area contributed by atoms with Gasteiger partial charge in [-0.2, -0.15) is 0 Å². The lowest BCUT2D eigenvalue weighted by Gasteiger charge is -2.19. The molecule has 0 aliphatic heterocycles. The molecule has 0 rings (SSSR count). The lowest BCUT2D eigenvalue weighted by molar-refractivity contribution is -0.142. The van der Waals surface area contributed by atoms with Gasteiger partial charge in [-0.05, 0) is 39.2 Å². The third kappa shape index (κ3) is 9.69. The number of aliphatic carboxylic acids is 1. The summed E-state index contributed by atoms with van der Waals surface area (Å²) in [7, 11) is 0. The Hall–Kier alpha value is -0.850. The summed E-state index contributed by atoms with van der Waals surface area (Å²) in [4.78, 5) is 14.5. The number of carbonyl (C=O) groups is 1. The summed E-state index contributed by atoms with van der Waals surface area (Å²) in [5, 5.41) is 8.80. The third-order valence-electron chi connectivity index (χ3n) is 2.44. The Morgan fingerprint density at radius 3 is 2.21 bits per heavy atom. The Morgan fingerprint density at radius 1 is 1.37 bits per heavy atom. The fraction of sp³-hybridized carbons (Fsp3) is 0.636. The first-order valence-corrected chi connectivity index (χ1v) is 5.29. The zero-order valence-electron chi connectivity index (χ0n) is 11.3. The lowest BCUT2D eigenvalue weighted by atomic mass is 9.94. The van der Waals surface area contributed by atoms with Crippen molar-refractivity contribution in [2.45, 2.75) is 39.2 Å². The molecule has 8 heteroatoms. The van der Waals surface area contributed by atoms with Crippen LogP contribution in [0.4, 0.5) is 4.39 Å². The quantitative estimate of drug-likeness (QED) is 0.515. The standard InChI is InChI=1S/C11H20FN3O2.2ClH/c1-7(9(12)6-15-8(2)13)4-5-11(3,14)10(16)17;;/h4-6,14H2,1-3H3,(H2,13,15)(H,16,17);2*1H/b9-7+;;/t11-;;/m1../s1. The molecular weight excluding hydrogens is 296 g/mol. The Kier molecular flexibility index (Phi) is 12.2. The van der Waals surface area contributed by atoms with Gasteiger partial charge in [0, 0.05) is 0 Å². The molecular formula is C11H22Cl2FN3O2. The fourth-order valence-corrected chi connectivity index (χ4v) is 1.02. The molecule has 0 aromatic rings. The first-order chi connectivity index (χ1) is 7.66. The van der Waals surface area contributed by atoms with Gasteiger partial charge in [0.05, 0.1) is 12.4 Å². The van der Waals surface area contributed by atoms with Crippen molar-refractivity contribution in [1.82, 2.24) is 0 Å². The molecule has 0 fully saturated rings. The van der Waals surface area contributed by atoms with E-state index in [0.717, 1.165) is 0 Å². The van der Waals surface area contributed by atoms with Gasteiger partial charge < -0.3 is 16.6 Å². The molecule has 0 radical (unpaired) electrons. The maximum Gasteiger partial charge on any atom is 0.323 e. The molecule has 0 aliphatic rings. The van der Waals surface area contributed by atoms with E-state index in [0.29, 0.717) is 11.4 Å². The molecule has 0 heterocycles. The van der Waals surface area contributed by atoms with Gasteiger partial charge in [0.2, 0.25) is 0 Å². The molecule has 19 heavy (non-hydrogen) atoms. The van der Waals surface area contributed by atoms with Gasteiger partial charge in [-0.25, -0.2) is 4.39 Å². The second kappa shape index (κ2) is 10.00. The van der Waals surface area contributed by atoms with Gasteiger partial charge in [-0.3, -0.25) is 9.79 Å². The molecule has 1 atom stereocenters. The molecule has 0 amide bonds. The number of nitrogens with zero attached hydrogens (tertiary/aromatic N) is 1. The average Bonchev–Trinajstić information content (AvgIpc) is 2.22. The van der Waals surface area contributed by atoms with Gasteiger partial charge in [0.1, 0.15) is 11.4 Å². The monoisotopic (exact) mass is 317 g/mol. The smallest absolute Gasteiger partial charge is 0.323 e. The Balaban J connectivity index is -0.00000128. The minimum atomic E-state index is -1.34. The van der Waals surface area contributed by atoms with Crippen molar-refractivity contribution < 1.29 is 14.3 Å². The third-order valence-corrected chi connectivity index (χ3v) is 2.44. The summed E-state index contributed by atoms with van der Waals surface area (Å²) < 4.78 is 13.5. The summed E-state index contributed by atoms with van der Waals surface area (Å²) in [6.07, 6.45) is 0.456. The number of hydrogen-bond acceptors (Lipinski definition) is 3. The molecule has 114 valence electrons. The highest BCUT2D eigenvalue weighted by Crippen LogP contribution is 2.18. The van der Waals surface area contributed by atoms with Crippen molar-refractivity contribution in [1.29, 1.82) is 0 Å². The Labute approximate surface area is 125 Å². The number of hydrogen-bond donors (Lipinski definition) is 3. The molecule has 0 spiro atoms. The number of amidine groups is 1. The Morgan fingerprint density at radius 2 is 1.84 bits per heavy atom. The van der Waals surface area contributed by atoms with Crippen molar-refractivity contribution in [3.05, 3.63) is 11.4 Å². The lowest BCUT2D eigenvalue weighted by Crippen LogP contribution is -2.44. The van der Waals surface area contributed by atoms with E-state index < -0.39 is 17.3 Å². The van der Waals surface area contributed by atoms with Crippen molar-refractivity contribution in [2.75, 3.05) is 6.54 Å². The van der Waals surface area contributed by atoms with Crippen LogP contribution in [0.3, 0.4) is 0 Å². The van der Waals surface area contributed by atoms with Crippen LogP contribution in [0.15, 0.2) is 16.4 Å². The molecule has 0 aliphatic carbocycles. The number of allylic oxidation sites excluding steroid dienone is 1. The van der Waals surface area contributed by atoms with E-state index in [-0.39, 0.29) is 44.2 Å². The Bertz CT molecular complexity index is 354. The van der Waals surface area contributed by atoms with Gasteiger partial charge >= 0.3 is 5.97 Å². The number of halogens is 3. The summed E-state index contributed by atoms with van der Waals surface area (Å²) >= 11 is 0. The van der Waals surface area contributed by atoms with Gasteiger partial charge in [0.15, 0.2) is 0 Å². The molecule has 0 unspecified atom stereocenters. The molecule has 0 saturated carbocycles. The zero-order valence-corrected chi connectivity index (χ0v) is 12.9. The van der Waals surface area contributed by atoms with Crippen molar-refractivity contribution in [3.8, 4) is 0 Å². The van der Waals surface area contributed by atoms with Gasteiger partial charge in [-0.1, -0.05) is 0 Å². The van der Waals surface area contributed by atoms with Crippen LogP contribution in [-0.2, 0) is 4.79 Å². The van der Waals surface area contributed by atoms with Crippen LogP contribution in [-0.4, -0.2) is 29.0 Å². The minimum absolute atomic E-state index is 0. The fourth-order valence-electron chi connectivity index (χ4n) is 1.02. The summed E-state index contributed by atoms with van der Waals surface area (Å²) in [5.41, 5.74) is 9.94. The molecule has 0 bridgehead atoms. The van der Waals surface area contributed by atoms with Crippen LogP contribution in [0.5, 0.6) is 0 Å². The van der Waals surface area contributed by atoms with E-state index in [4.69, 9.17) is 16.6 Å². The average molecular weight is 318 g/mol. The van der Waals surface area contributed by atoms with Gasteiger partial charge in [0.25, 0.3) is 0 Å². The van der Waals surface area contributed by atoms with Crippen molar-refractivity contribution in [2.24, 2.45) is 16.5 Å². The SMILES string of the molecule is CC(N)=NC/C(F)=C(/C)CC[C@@](C)(N)C(=O)O.Cl.Cl. The summed E-state index contributed by atoms with van der Waals surface area (Å²) in [6.45, 7) is 4.46. The van der Waals surface area contributed by atoms with E-state index >= 15 is 0 Å². The van der Waals surface area contributed by atoms with E-state index in [1.165, 1.54) is 6.92 Å².